The van der Waals surface area contributed by atoms with Gasteiger partial charge in [-0.3, -0.25) is 9.59 Å². The van der Waals surface area contributed by atoms with Crippen LogP contribution in [0.3, 0.4) is 0 Å². The molecule has 4 saturated carbocycles. The molecule has 0 heterocycles. The maximum atomic E-state index is 14.3. The summed E-state index contributed by atoms with van der Waals surface area (Å²) < 4.78 is 46.2. The van der Waals surface area contributed by atoms with Crippen molar-refractivity contribution >= 4 is 11.8 Å². The largest absolute Gasteiger partial charge is 0.469 e. The fourth-order valence-corrected chi connectivity index (χ4v) is 8.80. The molecule has 0 spiro atoms. The Bertz CT molecular complexity index is 875. The first-order chi connectivity index (χ1) is 16.6. The molecule has 0 aliphatic heterocycles. The van der Waals surface area contributed by atoms with E-state index in [2.05, 4.69) is 20.8 Å². The zero-order valence-corrected chi connectivity index (χ0v) is 19.7. The summed E-state index contributed by atoms with van der Waals surface area (Å²) in [5, 5.41) is 10.5. The topological polar surface area (TPSA) is 63.6 Å². The number of fused-ring (bicyclic) bond motifs is 5. The lowest BCUT2D eigenvalue weighted by Gasteiger charge is -2.62. The number of rotatable bonds is 5. The monoisotopic (exact) mass is 437 g/mol. The lowest BCUT2D eigenvalue weighted by molar-refractivity contribution is -0.173. The van der Waals surface area contributed by atoms with Crippen molar-refractivity contribution in [3.63, 3.8) is 0 Å². The number of ether oxygens (including phenoxy) is 1. The van der Waals surface area contributed by atoms with Crippen molar-refractivity contribution in [3.05, 3.63) is 0 Å². The van der Waals surface area contributed by atoms with Gasteiger partial charge in [0.1, 0.15) is 5.78 Å². The minimum absolute atomic E-state index is 0.0911. The first kappa shape index (κ1) is 17.6. The minimum atomic E-state index is -2.91. The summed E-state index contributed by atoms with van der Waals surface area (Å²) in [4.78, 5) is 26.1. The molecule has 4 heteroatoms. The Morgan fingerprint density at radius 1 is 1.19 bits per heavy atom. The second-order valence-corrected chi connectivity index (χ2v) is 11.6. The summed E-state index contributed by atoms with van der Waals surface area (Å²) in [7, 11) is 1.41. The number of hydrogen-bond donors (Lipinski definition) is 1. The molecule has 0 saturated heterocycles. The van der Waals surface area contributed by atoms with Gasteiger partial charge < -0.3 is 9.84 Å². The van der Waals surface area contributed by atoms with Crippen LogP contribution in [-0.2, 0) is 14.3 Å². The van der Waals surface area contributed by atoms with E-state index in [-0.39, 0.29) is 40.3 Å². The predicted octanol–water partition coefficient (Wildman–Crippen LogP) is 5.41. The highest BCUT2D eigenvalue weighted by atomic mass is 16.5. The molecular weight excluding hydrogens is 388 g/mol. The van der Waals surface area contributed by atoms with Crippen molar-refractivity contribution in [2.24, 2.45) is 52.3 Å². The number of hydrogen-bond acceptors (Lipinski definition) is 4. The predicted molar refractivity (Wildman–Crippen MR) is 121 cm³/mol. The molecule has 4 nitrogen and oxygen atoms in total. The van der Waals surface area contributed by atoms with Crippen molar-refractivity contribution in [2.75, 3.05) is 7.11 Å². The van der Waals surface area contributed by atoms with Crippen LogP contribution in [0, 0.1) is 52.3 Å². The van der Waals surface area contributed by atoms with Gasteiger partial charge in [-0.25, -0.2) is 0 Å². The second-order valence-electron chi connectivity index (χ2n) is 11.6. The molecule has 0 unspecified atom stereocenters. The van der Waals surface area contributed by atoms with E-state index in [1.807, 2.05) is 0 Å². The fraction of sp³-hybridized carbons (Fsp3) is 0.926. The molecule has 10 atom stereocenters. The van der Waals surface area contributed by atoms with Gasteiger partial charge in [-0.1, -0.05) is 27.6 Å². The zero-order chi connectivity index (χ0) is 26.8. The normalized spacial score (nSPS) is 51.1. The molecule has 4 aliphatic rings. The molecule has 4 fully saturated rings. The molecule has 0 aromatic carbocycles. The maximum absolute atomic E-state index is 14.3. The lowest BCUT2D eigenvalue weighted by atomic mass is 9.42. The Balaban J connectivity index is 1.70. The van der Waals surface area contributed by atoms with Crippen molar-refractivity contribution in [1.82, 2.24) is 0 Å². The highest BCUT2D eigenvalue weighted by Gasteiger charge is 2.65. The number of aliphatic hydroxyl groups excluding tert-OH is 1. The minimum Gasteiger partial charge on any atom is -0.469 e. The summed E-state index contributed by atoms with van der Waals surface area (Å²) in [5.74, 6) is -1.63. The molecular formula is C27H44O4. The van der Waals surface area contributed by atoms with Gasteiger partial charge in [0.25, 0.3) is 0 Å². The van der Waals surface area contributed by atoms with E-state index in [0.717, 1.165) is 32.1 Å². The van der Waals surface area contributed by atoms with Crippen molar-refractivity contribution in [2.45, 2.75) is 97.9 Å². The maximum Gasteiger partial charge on any atom is 0.305 e. The Kier molecular flexibility index (Phi) is 4.79. The zero-order valence-electron chi connectivity index (χ0n) is 24.7. The van der Waals surface area contributed by atoms with Gasteiger partial charge in [0.2, 0.25) is 0 Å². The van der Waals surface area contributed by atoms with Crippen LogP contribution >= 0.6 is 0 Å². The molecule has 4 rings (SSSR count). The number of carbonyl (C=O) groups is 2. The number of aliphatic hydroxyl groups is 1. The Morgan fingerprint density at radius 3 is 2.61 bits per heavy atom. The Labute approximate surface area is 195 Å². The number of carbonyl (C=O) groups excluding carboxylic acids is 2. The number of methoxy groups -OCH3 is 1. The number of Topliss-reactive ketones (excluding diaryl/α,β-unsaturated/α-hetero) is 1. The van der Waals surface area contributed by atoms with Crippen molar-refractivity contribution < 1.29 is 26.3 Å². The van der Waals surface area contributed by atoms with E-state index < -0.39 is 31.2 Å². The molecule has 31 heavy (non-hydrogen) atoms. The van der Waals surface area contributed by atoms with E-state index in [9.17, 15) is 14.7 Å². The van der Waals surface area contributed by atoms with E-state index in [0.29, 0.717) is 37.5 Å². The van der Waals surface area contributed by atoms with Crippen LogP contribution in [-0.4, -0.2) is 30.1 Å². The SMILES string of the molecule is [2H]C([2H])([2H])C([2H])([2H])[C@H]1C(=O)[C@@H]2[C@H](CC[C@]3(C)[C@@H]([C@H](C)CCC(=O)OC)CC[C@@H]23)[C@@]2(C)CC[C@@H](O)C[C@@H]12. The molecule has 0 aromatic heterocycles. The van der Waals surface area contributed by atoms with E-state index in [4.69, 9.17) is 11.6 Å². The van der Waals surface area contributed by atoms with Crippen LogP contribution in [0.1, 0.15) is 98.6 Å². The summed E-state index contributed by atoms with van der Waals surface area (Å²) in [5.41, 5.74) is -0.460. The first-order valence-corrected chi connectivity index (χ1v) is 12.4. The quantitative estimate of drug-likeness (QED) is 0.584. The van der Waals surface area contributed by atoms with Crippen LogP contribution in [0.4, 0.5) is 0 Å². The highest BCUT2D eigenvalue weighted by molar-refractivity contribution is 5.86. The summed E-state index contributed by atoms with van der Waals surface area (Å²) >= 11 is 0. The third-order valence-electron chi connectivity index (χ3n) is 10.5. The van der Waals surface area contributed by atoms with Gasteiger partial charge in [-0.05, 0) is 98.2 Å². The van der Waals surface area contributed by atoms with Crippen molar-refractivity contribution in [3.8, 4) is 0 Å². The third kappa shape index (κ3) is 3.60. The van der Waals surface area contributed by atoms with Crippen LogP contribution in [0.25, 0.3) is 0 Å². The van der Waals surface area contributed by atoms with E-state index in [1.165, 1.54) is 7.11 Å². The Hall–Kier alpha value is -0.900. The summed E-state index contributed by atoms with van der Waals surface area (Å²) in [6, 6.07) is 0. The lowest BCUT2D eigenvalue weighted by Crippen LogP contribution is -2.60. The number of esters is 1. The summed E-state index contributed by atoms with van der Waals surface area (Å²) in [6.07, 6.45) is 3.16. The number of ketones is 1. The highest BCUT2D eigenvalue weighted by Crippen LogP contribution is 2.68. The Morgan fingerprint density at radius 2 is 1.90 bits per heavy atom. The van der Waals surface area contributed by atoms with Crippen molar-refractivity contribution in [1.29, 1.82) is 0 Å². The smallest absolute Gasteiger partial charge is 0.305 e. The van der Waals surface area contributed by atoms with Gasteiger partial charge in [-0.15, -0.1) is 0 Å². The molecule has 0 radical (unpaired) electrons. The van der Waals surface area contributed by atoms with Gasteiger partial charge in [0.15, 0.2) is 0 Å². The van der Waals surface area contributed by atoms with Gasteiger partial charge in [-0.2, -0.15) is 0 Å². The molecule has 1 N–H and O–H groups in total. The van der Waals surface area contributed by atoms with E-state index >= 15 is 0 Å². The van der Waals surface area contributed by atoms with Crippen LogP contribution in [0.15, 0.2) is 0 Å². The summed E-state index contributed by atoms with van der Waals surface area (Å²) in [6.45, 7) is 3.69. The first-order valence-electron chi connectivity index (χ1n) is 14.9. The molecule has 0 aromatic rings. The average Bonchev–Trinajstić information content (AvgIpc) is 3.14. The van der Waals surface area contributed by atoms with Gasteiger partial charge >= 0.3 is 5.97 Å². The van der Waals surface area contributed by atoms with Gasteiger partial charge in [0.05, 0.1) is 13.2 Å². The molecule has 4 aliphatic carbocycles. The standard InChI is InChI=1S/C27H44O4/c1-6-18-22-15-17(28)11-13-27(22,4)21-12-14-26(3)19(16(2)7-10-23(29)31-5)8-9-20(26)24(21)25(18)30/h16-22,24,28H,6-15H2,1-5H3/t16-,17-,18-,19-,20+,21+,22+,24+,26-,27-/m1/s1/i1D3,6D2. The average molecular weight is 438 g/mol. The second kappa shape index (κ2) is 8.47. The molecule has 176 valence electrons. The van der Waals surface area contributed by atoms with Gasteiger partial charge in [0, 0.05) is 25.1 Å². The molecule has 0 bridgehead atoms. The van der Waals surface area contributed by atoms with E-state index in [1.54, 1.807) is 0 Å². The third-order valence-corrected chi connectivity index (χ3v) is 10.5. The fourth-order valence-electron chi connectivity index (χ4n) is 8.80. The van der Waals surface area contributed by atoms with Crippen LogP contribution in [0.5, 0.6) is 0 Å². The molecule has 0 amide bonds. The van der Waals surface area contributed by atoms with Crippen LogP contribution in [0.2, 0.25) is 0 Å². The van der Waals surface area contributed by atoms with Crippen LogP contribution < -0.4 is 0 Å².